The Balaban J connectivity index is 2.36. The van der Waals surface area contributed by atoms with Gasteiger partial charge >= 0.3 is 0 Å². The summed E-state index contributed by atoms with van der Waals surface area (Å²) in [5, 5.41) is 1.02. The van der Waals surface area contributed by atoms with E-state index in [-0.39, 0.29) is 5.78 Å². The first-order valence-corrected chi connectivity index (χ1v) is 5.48. The number of hydrogen-bond donors (Lipinski definition) is 1. The minimum Gasteiger partial charge on any atom is -0.321 e. The van der Waals surface area contributed by atoms with Crippen LogP contribution in [0, 0.1) is 0 Å². The molecule has 1 aromatic heterocycles. The predicted molar refractivity (Wildman–Crippen MR) is 68.9 cm³/mol. The Hall–Kier alpha value is -2.00. The van der Waals surface area contributed by atoms with Crippen molar-refractivity contribution >= 4 is 16.7 Å². The van der Waals surface area contributed by atoms with Crippen molar-refractivity contribution in [2.45, 2.75) is 12.5 Å². The Bertz CT molecular complexity index is 563. The van der Waals surface area contributed by atoms with E-state index in [9.17, 15) is 4.79 Å². The van der Waals surface area contributed by atoms with Gasteiger partial charge in [-0.25, -0.2) is 0 Å². The summed E-state index contributed by atoms with van der Waals surface area (Å²) in [6.45, 7) is 3.58. The lowest BCUT2D eigenvalue weighted by Crippen LogP contribution is -2.29. The number of Topliss-reactive ketones (excluding diaryl/α,β-unsaturated/α-hetero) is 1. The van der Waals surface area contributed by atoms with Crippen molar-refractivity contribution in [2.24, 2.45) is 5.73 Å². The molecule has 0 saturated heterocycles. The van der Waals surface area contributed by atoms with Gasteiger partial charge in [0, 0.05) is 17.1 Å². The molecular weight excluding hydrogens is 212 g/mol. The Kier molecular flexibility index (Phi) is 3.30. The van der Waals surface area contributed by atoms with E-state index >= 15 is 0 Å². The van der Waals surface area contributed by atoms with E-state index in [0.29, 0.717) is 12.0 Å². The average molecular weight is 226 g/mol. The number of carbonyl (C=O) groups is 1. The summed E-state index contributed by atoms with van der Waals surface area (Å²) in [4.78, 5) is 16.2. The van der Waals surface area contributed by atoms with Gasteiger partial charge in [0.05, 0.1) is 11.6 Å². The molecule has 0 fully saturated rings. The molecule has 1 heterocycles. The number of carbonyl (C=O) groups excluding carboxylic acids is 1. The van der Waals surface area contributed by atoms with Crippen LogP contribution in [-0.2, 0) is 0 Å². The van der Waals surface area contributed by atoms with Crippen LogP contribution in [0.2, 0.25) is 0 Å². The molecule has 0 saturated carbocycles. The maximum atomic E-state index is 12.0. The van der Waals surface area contributed by atoms with Crippen LogP contribution in [-0.4, -0.2) is 16.8 Å². The van der Waals surface area contributed by atoms with Crippen molar-refractivity contribution in [3.05, 3.63) is 54.7 Å². The lowest BCUT2D eigenvalue weighted by atomic mass is 10.0. The zero-order valence-corrected chi connectivity index (χ0v) is 9.47. The van der Waals surface area contributed by atoms with Crippen molar-refractivity contribution in [1.82, 2.24) is 4.98 Å². The minimum absolute atomic E-state index is 0.0718. The van der Waals surface area contributed by atoms with E-state index in [0.717, 1.165) is 10.9 Å². The fraction of sp³-hybridized carbons (Fsp3) is 0.143. The molecule has 1 unspecified atom stereocenters. The summed E-state index contributed by atoms with van der Waals surface area (Å²) < 4.78 is 0. The van der Waals surface area contributed by atoms with E-state index < -0.39 is 6.04 Å². The predicted octanol–water partition coefficient (Wildman–Crippen LogP) is 2.32. The number of benzene rings is 1. The molecule has 3 heteroatoms. The molecule has 86 valence electrons. The van der Waals surface area contributed by atoms with Crippen LogP contribution in [0.5, 0.6) is 0 Å². The molecule has 3 nitrogen and oxygen atoms in total. The number of ketones is 1. The quantitative estimate of drug-likeness (QED) is 0.643. The maximum absolute atomic E-state index is 12.0. The summed E-state index contributed by atoms with van der Waals surface area (Å²) in [5.41, 5.74) is 7.17. The highest BCUT2D eigenvalue weighted by Crippen LogP contribution is 2.14. The first-order valence-electron chi connectivity index (χ1n) is 5.48. The van der Waals surface area contributed by atoms with Crippen molar-refractivity contribution in [1.29, 1.82) is 0 Å². The van der Waals surface area contributed by atoms with Crippen molar-refractivity contribution in [3.8, 4) is 0 Å². The second-order valence-electron chi connectivity index (χ2n) is 3.91. The van der Waals surface area contributed by atoms with Gasteiger partial charge in [-0.3, -0.25) is 9.78 Å². The van der Waals surface area contributed by atoms with Gasteiger partial charge in [0.15, 0.2) is 5.78 Å². The van der Waals surface area contributed by atoms with Crippen LogP contribution in [0.25, 0.3) is 10.9 Å². The van der Waals surface area contributed by atoms with Crippen LogP contribution < -0.4 is 5.73 Å². The Morgan fingerprint density at radius 2 is 2.29 bits per heavy atom. The van der Waals surface area contributed by atoms with Crippen LogP contribution >= 0.6 is 0 Å². The lowest BCUT2D eigenvalue weighted by molar-refractivity contribution is 0.0962. The van der Waals surface area contributed by atoms with Gasteiger partial charge < -0.3 is 5.73 Å². The number of fused-ring (bicyclic) bond motifs is 1. The summed E-state index contributed by atoms with van der Waals surface area (Å²) >= 11 is 0. The number of nitrogens with zero attached hydrogens (tertiary/aromatic N) is 1. The van der Waals surface area contributed by atoms with Gasteiger partial charge in [-0.2, -0.15) is 0 Å². The summed E-state index contributed by atoms with van der Waals surface area (Å²) in [6, 6.07) is 8.76. The average Bonchev–Trinajstić information content (AvgIpc) is 2.37. The molecule has 1 aromatic carbocycles. The number of pyridine rings is 1. The van der Waals surface area contributed by atoms with E-state index in [1.54, 1.807) is 24.4 Å². The topological polar surface area (TPSA) is 56.0 Å². The monoisotopic (exact) mass is 226 g/mol. The minimum atomic E-state index is -0.520. The maximum Gasteiger partial charge on any atom is 0.179 e. The smallest absolute Gasteiger partial charge is 0.179 e. The van der Waals surface area contributed by atoms with Crippen LogP contribution in [0.3, 0.4) is 0 Å². The molecule has 0 aliphatic heterocycles. The van der Waals surface area contributed by atoms with Crippen LogP contribution in [0.15, 0.2) is 49.2 Å². The number of rotatable bonds is 4. The molecule has 0 radical (unpaired) electrons. The largest absolute Gasteiger partial charge is 0.321 e. The molecule has 0 spiro atoms. The highest BCUT2D eigenvalue weighted by molar-refractivity contribution is 6.02. The molecule has 2 N–H and O–H groups in total. The molecule has 2 rings (SSSR count). The third-order valence-electron chi connectivity index (χ3n) is 2.65. The number of aromatic nitrogens is 1. The van der Waals surface area contributed by atoms with Crippen LogP contribution in [0.1, 0.15) is 16.8 Å². The van der Waals surface area contributed by atoms with Gasteiger partial charge in [0.25, 0.3) is 0 Å². The summed E-state index contributed by atoms with van der Waals surface area (Å²) in [7, 11) is 0. The zero-order valence-electron chi connectivity index (χ0n) is 9.47. The zero-order chi connectivity index (χ0) is 12.3. The molecule has 17 heavy (non-hydrogen) atoms. The van der Waals surface area contributed by atoms with E-state index in [1.165, 1.54) is 0 Å². The third-order valence-corrected chi connectivity index (χ3v) is 2.65. The van der Waals surface area contributed by atoms with E-state index in [1.807, 2.05) is 18.2 Å². The highest BCUT2D eigenvalue weighted by Gasteiger charge is 2.14. The van der Waals surface area contributed by atoms with Crippen molar-refractivity contribution < 1.29 is 4.79 Å². The molecule has 2 aromatic rings. The second-order valence-corrected chi connectivity index (χ2v) is 3.91. The van der Waals surface area contributed by atoms with Crippen molar-refractivity contribution in [2.75, 3.05) is 0 Å². The molecule has 0 aliphatic carbocycles. The second kappa shape index (κ2) is 4.89. The molecule has 0 aliphatic rings. The summed E-state index contributed by atoms with van der Waals surface area (Å²) in [6.07, 6.45) is 3.85. The van der Waals surface area contributed by atoms with Gasteiger partial charge in [0.2, 0.25) is 0 Å². The Morgan fingerprint density at radius 1 is 1.47 bits per heavy atom. The van der Waals surface area contributed by atoms with Gasteiger partial charge in [-0.15, -0.1) is 6.58 Å². The van der Waals surface area contributed by atoms with E-state index in [2.05, 4.69) is 11.6 Å². The highest BCUT2D eigenvalue weighted by atomic mass is 16.1. The van der Waals surface area contributed by atoms with E-state index in [4.69, 9.17) is 5.73 Å². The lowest BCUT2D eigenvalue weighted by Gasteiger charge is -2.08. The Morgan fingerprint density at radius 3 is 3.06 bits per heavy atom. The summed E-state index contributed by atoms with van der Waals surface area (Å²) in [5.74, 6) is -0.0718. The molecule has 1 atom stereocenters. The normalized spacial score (nSPS) is 12.3. The Labute approximate surface area is 100.0 Å². The van der Waals surface area contributed by atoms with Crippen molar-refractivity contribution in [3.63, 3.8) is 0 Å². The number of nitrogens with two attached hydrogens (primary N) is 1. The fourth-order valence-electron chi connectivity index (χ4n) is 1.72. The fourth-order valence-corrected chi connectivity index (χ4v) is 1.72. The molecule has 0 amide bonds. The molecular formula is C14H14N2O. The SMILES string of the molecule is C=CCC(N)C(=O)c1ccc2cccnc2c1. The van der Waals surface area contributed by atoms with Gasteiger partial charge in [0.1, 0.15) is 0 Å². The van der Waals surface area contributed by atoms with Crippen LogP contribution in [0.4, 0.5) is 0 Å². The number of hydrogen-bond acceptors (Lipinski definition) is 3. The van der Waals surface area contributed by atoms with Gasteiger partial charge in [-0.1, -0.05) is 24.3 Å². The third kappa shape index (κ3) is 2.40. The molecule has 0 bridgehead atoms. The first kappa shape index (κ1) is 11.5. The standard InChI is InChI=1S/C14H14N2O/c1-2-4-12(15)14(17)11-7-6-10-5-3-8-16-13(10)9-11/h2-3,5-9,12H,1,4,15H2. The first-order chi connectivity index (χ1) is 8.22. The van der Waals surface area contributed by atoms with Gasteiger partial charge in [-0.05, 0) is 18.6 Å².